The Morgan fingerprint density at radius 1 is 1.70 bits per heavy atom. The zero-order valence-corrected chi connectivity index (χ0v) is 8.89. The van der Waals surface area contributed by atoms with Gasteiger partial charge >= 0.3 is 0 Å². The zero-order chi connectivity index (χ0) is 7.98. The van der Waals surface area contributed by atoms with Gasteiger partial charge in [0.15, 0.2) is 0 Å². The van der Waals surface area contributed by atoms with Gasteiger partial charge in [0.05, 0.1) is 0 Å². The third-order valence-electron chi connectivity index (χ3n) is 1.45. The molecule has 0 aromatic carbocycles. The molecule has 0 spiro atoms. The van der Waals surface area contributed by atoms with Crippen LogP contribution in [0.1, 0.15) is 26.7 Å². The second-order valence-corrected chi connectivity index (χ2v) is 4.28. The van der Waals surface area contributed by atoms with Crippen LogP contribution in [0.2, 0.25) is 0 Å². The zero-order valence-electron chi connectivity index (χ0n) is 6.73. The minimum absolute atomic E-state index is 0.659. The molecule has 0 saturated carbocycles. The van der Waals surface area contributed by atoms with Gasteiger partial charge in [-0.1, -0.05) is 19.1 Å². The van der Waals surface area contributed by atoms with Gasteiger partial charge in [0.25, 0.3) is 0 Å². The lowest BCUT2D eigenvalue weighted by atomic mass is 10.1. The predicted molar refractivity (Wildman–Crippen MR) is 56.4 cm³/mol. The molecule has 0 radical (unpaired) electrons. The molecule has 0 aliphatic heterocycles. The smallest absolute Gasteiger partial charge is 0.0165 e. The number of allylic oxidation sites excluding steroid dienone is 3. The summed E-state index contributed by atoms with van der Waals surface area (Å²) in [6.45, 7) is 8.06. The van der Waals surface area contributed by atoms with Crippen LogP contribution < -0.4 is 0 Å². The summed E-state index contributed by atoms with van der Waals surface area (Å²) in [5, 5.41) is 0. The van der Waals surface area contributed by atoms with Crippen molar-refractivity contribution in [3.8, 4) is 0 Å². The summed E-state index contributed by atoms with van der Waals surface area (Å²) in [5.74, 6) is 0.659. The van der Waals surface area contributed by atoms with Crippen LogP contribution in [0.5, 0.6) is 0 Å². The fraction of sp³-hybridized carbons (Fsp3) is 0.556. The van der Waals surface area contributed by atoms with E-state index in [2.05, 4.69) is 49.1 Å². The molecule has 10 heavy (non-hydrogen) atoms. The number of rotatable bonds is 4. The normalized spacial score (nSPS) is 14.9. The predicted octanol–water partition coefficient (Wildman–Crippen LogP) is 3.93. The first-order valence-corrected chi connectivity index (χ1v) is 4.69. The molecule has 58 valence electrons. The molecule has 0 aliphatic rings. The molecule has 1 heteroatoms. The largest absolute Gasteiger partial charge is 0.103 e. The van der Waals surface area contributed by atoms with Gasteiger partial charge in [-0.2, -0.15) is 0 Å². The van der Waals surface area contributed by atoms with Gasteiger partial charge in [-0.05, 0) is 51.9 Å². The number of halogens is 1. The average molecular weight is 250 g/mol. The highest BCUT2D eigenvalue weighted by Crippen LogP contribution is 2.10. The first-order valence-electron chi connectivity index (χ1n) is 3.61. The van der Waals surface area contributed by atoms with E-state index in [1.807, 2.05) is 6.08 Å². The molecule has 0 aromatic rings. The number of hydrogen-bond acceptors (Lipinski definition) is 0. The van der Waals surface area contributed by atoms with Crippen LogP contribution in [0.4, 0.5) is 0 Å². The van der Waals surface area contributed by atoms with E-state index < -0.39 is 0 Å². The van der Waals surface area contributed by atoms with Crippen LogP contribution in [0, 0.1) is 5.92 Å². The van der Waals surface area contributed by atoms with E-state index in [1.165, 1.54) is 16.4 Å². The Kier molecular flexibility index (Phi) is 6.08. The van der Waals surface area contributed by atoms with E-state index in [9.17, 15) is 0 Å². The van der Waals surface area contributed by atoms with E-state index in [4.69, 9.17) is 0 Å². The Bertz CT molecular complexity index is 121. The Balaban J connectivity index is 3.36. The summed E-state index contributed by atoms with van der Waals surface area (Å²) in [7, 11) is 0. The van der Waals surface area contributed by atoms with Crippen LogP contribution in [-0.4, -0.2) is 0 Å². The summed E-state index contributed by atoms with van der Waals surface area (Å²) < 4.78 is 1.38. The van der Waals surface area contributed by atoms with Crippen molar-refractivity contribution in [1.82, 2.24) is 0 Å². The van der Waals surface area contributed by atoms with E-state index in [1.54, 1.807) is 0 Å². The molecule has 0 saturated heterocycles. The SMILES string of the molecule is C=CC(C)CC/C=C(\C)I. The first kappa shape index (κ1) is 10.2. The summed E-state index contributed by atoms with van der Waals surface area (Å²) in [5.41, 5.74) is 0. The second kappa shape index (κ2) is 5.96. The van der Waals surface area contributed by atoms with Gasteiger partial charge in [0, 0.05) is 0 Å². The fourth-order valence-electron chi connectivity index (χ4n) is 0.663. The van der Waals surface area contributed by atoms with E-state index in [0.29, 0.717) is 5.92 Å². The molecular weight excluding hydrogens is 235 g/mol. The summed E-state index contributed by atoms with van der Waals surface area (Å²) in [4.78, 5) is 0. The standard InChI is InChI=1S/C9H15I/c1-4-8(2)6-5-7-9(3)10/h4,7-8H,1,5-6H2,2-3H3/b9-7+. The average Bonchev–Trinajstić information content (AvgIpc) is 1.87. The lowest BCUT2D eigenvalue weighted by molar-refractivity contribution is 0.659. The Morgan fingerprint density at radius 2 is 2.30 bits per heavy atom. The van der Waals surface area contributed by atoms with Crippen molar-refractivity contribution in [2.45, 2.75) is 26.7 Å². The van der Waals surface area contributed by atoms with Crippen molar-refractivity contribution in [1.29, 1.82) is 0 Å². The molecule has 0 aromatic heterocycles. The van der Waals surface area contributed by atoms with Crippen LogP contribution in [0.15, 0.2) is 22.3 Å². The molecule has 1 unspecified atom stereocenters. The summed E-state index contributed by atoms with van der Waals surface area (Å²) in [6.07, 6.45) is 6.68. The summed E-state index contributed by atoms with van der Waals surface area (Å²) >= 11 is 2.34. The van der Waals surface area contributed by atoms with Gasteiger partial charge in [-0.25, -0.2) is 0 Å². The van der Waals surface area contributed by atoms with Gasteiger partial charge in [-0.3, -0.25) is 0 Å². The molecule has 0 heterocycles. The minimum Gasteiger partial charge on any atom is -0.103 e. The molecule has 0 nitrogen and oxygen atoms in total. The molecule has 0 aliphatic carbocycles. The van der Waals surface area contributed by atoms with Crippen molar-refractivity contribution in [2.75, 3.05) is 0 Å². The monoisotopic (exact) mass is 250 g/mol. The third kappa shape index (κ3) is 6.33. The lowest BCUT2D eigenvalue weighted by Gasteiger charge is -2.00. The minimum atomic E-state index is 0.659. The quantitative estimate of drug-likeness (QED) is 0.524. The maximum atomic E-state index is 3.74. The third-order valence-corrected chi connectivity index (χ3v) is 1.89. The Labute approximate surface area is 77.5 Å². The topological polar surface area (TPSA) is 0 Å². The van der Waals surface area contributed by atoms with E-state index in [0.717, 1.165) is 0 Å². The highest BCUT2D eigenvalue weighted by molar-refractivity contribution is 14.1. The van der Waals surface area contributed by atoms with Crippen molar-refractivity contribution in [3.05, 3.63) is 22.3 Å². The van der Waals surface area contributed by atoms with E-state index in [-0.39, 0.29) is 0 Å². The van der Waals surface area contributed by atoms with Crippen molar-refractivity contribution in [3.63, 3.8) is 0 Å². The maximum absolute atomic E-state index is 3.74. The van der Waals surface area contributed by atoms with Crippen LogP contribution in [-0.2, 0) is 0 Å². The lowest BCUT2D eigenvalue weighted by Crippen LogP contribution is -1.86. The molecule has 0 N–H and O–H groups in total. The first-order chi connectivity index (χ1) is 4.66. The van der Waals surface area contributed by atoms with Crippen LogP contribution >= 0.6 is 22.6 Å². The van der Waals surface area contributed by atoms with Crippen molar-refractivity contribution in [2.24, 2.45) is 5.92 Å². The highest BCUT2D eigenvalue weighted by atomic mass is 127. The molecular formula is C9H15I. The van der Waals surface area contributed by atoms with Gasteiger partial charge in [0.2, 0.25) is 0 Å². The number of hydrogen-bond donors (Lipinski definition) is 0. The van der Waals surface area contributed by atoms with Crippen molar-refractivity contribution >= 4 is 22.6 Å². The fourth-order valence-corrected chi connectivity index (χ4v) is 0.974. The van der Waals surface area contributed by atoms with Crippen LogP contribution in [0.25, 0.3) is 0 Å². The summed E-state index contributed by atoms with van der Waals surface area (Å²) in [6, 6.07) is 0. The van der Waals surface area contributed by atoms with Crippen LogP contribution in [0.3, 0.4) is 0 Å². The Morgan fingerprint density at radius 3 is 2.70 bits per heavy atom. The highest BCUT2D eigenvalue weighted by Gasteiger charge is 1.92. The molecule has 1 atom stereocenters. The van der Waals surface area contributed by atoms with Gasteiger partial charge in [-0.15, -0.1) is 6.58 Å². The molecule has 0 bridgehead atoms. The molecule has 0 amide bonds. The molecule has 0 rings (SSSR count). The Hall–Kier alpha value is 0.210. The van der Waals surface area contributed by atoms with Crippen molar-refractivity contribution < 1.29 is 0 Å². The second-order valence-electron chi connectivity index (χ2n) is 2.58. The molecule has 0 fully saturated rings. The van der Waals surface area contributed by atoms with E-state index >= 15 is 0 Å². The van der Waals surface area contributed by atoms with Gasteiger partial charge < -0.3 is 0 Å². The van der Waals surface area contributed by atoms with Gasteiger partial charge in [0.1, 0.15) is 0 Å². The maximum Gasteiger partial charge on any atom is -0.0165 e.